The van der Waals surface area contributed by atoms with Gasteiger partial charge in [0, 0.05) is 24.2 Å². The van der Waals surface area contributed by atoms with Gasteiger partial charge in [0.1, 0.15) is 0 Å². The molecule has 1 aromatic heterocycles. The van der Waals surface area contributed by atoms with Crippen LogP contribution in [0.1, 0.15) is 54.8 Å². The molecule has 1 saturated heterocycles. The molecule has 1 aliphatic heterocycles. The van der Waals surface area contributed by atoms with Gasteiger partial charge in [0.2, 0.25) is 0 Å². The minimum Gasteiger partial charge on any atom is -0.387 e. The Morgan fingerprint density at radius 1 is 1.04 bits per heavy atom. The highest BCUT2D eigenvalue weighted by atomic mass is 16.3. The summed E-state index contributed by atoms with van der Waals surface area (Å²) in [5.41, 5.74) is 3.14. The van der Waals surface area contributed by atoms with Gasteiger partial charge in [-0.25, -0.2) is 0 Å². The van der Waals surface area contributed by atoms with Gasteiger partial charge in [0.05, 0.1) is 17.5 Å². The van der Waals surface area contributed by atoms with E-state index >= 15 is 0 Å². The van der Waals surface area contributed by atoms with Crippen LogP contribution in [0.2, 0.25) is 0 Å². The fraction of sp³-hybridized carbons (Fsp3) is 0.400. The molecular formula is C20H24N2O2. The highest BCUT2D eigenvalue weighted by molar-refractivity contribution is 5.94. The van der Waals surface area contributed by atoms with E-state index in [2.05, 4.69) is 4.98 Å². The van der Waals surface area contributed by atoms with Gasteiger partial charge in [0.15, 0.2) is 0 Å². The minimum atomic E-state index is -0.589. The van der Waals surface area contributed by atoms with Crippen molar-refractivity contribution in [1.82, 2.24) is 9.88 Å². The number of likely N-dealkylation sites (tertiary alicyclic amines) is 1. The molecule has 1 N–H and O–H groups in total. The summed E-state index contributed by atoms with van der Waals surface area (Å²) in [6, 6.07) is 13.2. The van der Waals surface area contributed by atoms with Gasteiger partial charge >= 0.3 is 0 Å². The SMILES string of the molecule is C[C@H](O)c1cccc(-c2ccc(C(=O)N3CCCCCC3)cc2)n1. The summed E-state index contributed by atoms with van der Waals surface area (Å²) in [7, 11) is 0. The zero-order valence-corrected chi connectivity index (χ0v) is 14.1. The van der Waals surface area contributed by atoms with E-state index in [9.17, 15) is 9.90 Å². The zero-order chi connectivity index (χ0) is 16.9. The van der Waals surface area contributed by atoms with Crippen molar-refractivity contribution < 1.29 is 9.90 Å². The smallest absolute Gasteiger partial charge is 0.253 e. The van der Waals surface area contributed by atoms with Crippen molar-refractivity contribution >= 4 is 5.91 Å². The third-order valence-corrected chi connectivity index (χ3v) is 4.52. The number of nitrogens with zero attached hydrogens (tertiary/aromatic N) is 2. The van der Waals surface area contributed by atoms with Gasteiger partial charge in [0.25, 0.3) is 5.91 Å². The monoisotopic (exact) mass is 324 g/mol. The van der Waals surface area contributed by atoms with Crippen molar-refractivity contribution in [3.8, 4) is 11.3 Å². The minimum absolute atomic E-state index is 0.120. The first kappa shape index (κ1) is 16.7. The number of aliphatic hydroxyl groups excluding tert-OH is 1. The number of aliphatic hydroxyl groups is 1. The van der Waals surface area contributed by atoms with Gasteiger partial charge in [-0.3, -0.25) is 9.78 Å². The number of hydrogen-bond donors (Lipinski definition) is 1. The number of benzene rings is 1. The molecule has 4 heteroatoms. The summed E-state index contributed by atoms with van der Waals surface area (Å²) in [4.78, 5) is 19.1. The summed E-state index contributed by atoms with van der Waals surface area (Å²) in [6.45, 7) is 3.42. The fourth-order valence-electron chi connectivity index (χ4n) is 3.08. The third kappa shape index (κ3) is 3.82. The van der Waals surface area contributed by atoms with Gasteiger partial charge in [-0.15, -0.1) is 0 Å². The van der Waals surface area contributed by atoms with Gasteiger partial charge in [-0.05, 0) is 44.0 Å². The average Bonchev–Trinajstić information content (AvgIpc) is 2.91. The molecule has 0 saturated carbocycles. The molecule has 1 fully saturated rings. The first-order valence-electron chi connectivity index (χ1n) is 8.70. The second kappa shape index (κ2) is 7.58. The van der Waals surface area contributed by atoms with Crippen LogP contribution in [0.25, 0.3) is 11.3 Å². The number of carbonyl (C=O) groups excluding carboxylic acids is 1. The Morgan fingerprint density at radius 3 is 2.33 bits per heavy atom. The number of aromatic nitrogens is 1. The molecule has 0 unspecified atom stereocenters. The standard InChI is InChI=1S/C20H24N2O2/c1-15(23)18-7-6-8-19(21-18)16-9-11-17(12-10-16)20(24)22-13-4-2-3-5-14-22/h6-12,15,23H,2-5,13-14H2,1H3/t15-/m0/s1. The molecule has 3 rings (SSSR count). The Bertz CT molecular complexity index is 687. The Kier molecular flexibility index (Phi) is 5.26. The lowest BCUT2D eigenvalue weighted by atomic mass is 10.1. The molecule has 0 aliphatic carbocycles. The number of hydrogen-bond acceptors (Lipinski definition) is 3. The zero-order valence-electron chi connectivity index (χ0n) is 14.1. The van der Waals surface area contributed by atoms with E-state index in [4.69, 9.17) is 0 Å². The first-order chi connectivity index (χ1) is 11.6. The molecule has 0 radical (unpaired) electrons. The molecule has 1 amide bonds. The van der Waals surface area contributed by atoms with E-state index in [-0.39, 0.29) is 5.91 Å². The van der Waals surface area contributed by atoms with Crippen molar-refractivity contribution in [2.24, 2.45) is 0 Å². The lowest BCUT2D eigenvalue weighted by Crippen LogP contribution is -2.31. The van der Waals surface area contributed by atoms with Crippen molar-refractivity contribution in [2.75, 3.05) is 13.1 Å². The average molecular weight is 324 g/mol. The van der Waals surface area contributed by atoms with E-state index < -0.39 is 6.10 Å². The maximum absolute atomic E-state index is 12.6. The lowest BCUT2D eigenvalue weighted by Gasteiger charge is -2.20. The van der Waals surface area contributed by atoms with Gasteiger partial charge in [-0.2, -0.15) is 0 Å². The Hall–Kier alpha value is -2.20. The third-order valence-electron chi connectivity index (χ3n) is 4.52. The molecule has 0 spiro atoms. The summed E-state index contributed by atoms with van der Waals surface area (Å²) < 4.78 is 0. The number of rotatable bonds is 3. The maximum Gasteiger partial charge on any atom is 0.253 e. The first-order valence-corrected chi connectivity index (χ1v) is 8.70. The van der Waals surface area contributed by atoms with Crippen LogP contribution in [-0.2, 0) is 0 Å². The predicted octanol–water partition coefficient (Wildman–Crippen LogP) is 3.82. The number of amides is 1. The van der Waals surface area contributed by atoms with Gasteiger partial charge in [-0.1, -0.05) is 31.0 Å². The van der Waals surface area contributed by atoms with E-state index in [1.165, 1.54) is 12.8 Å². The highest BCUT2D eigenvalue weighted by Crippen LogP contribution is 2.21. The number of carbonyl (C=O) groups is 1. The lowest BCUT2D eigenvalue weighted by molar-refractivity contribution is 0.0761. The van der Waals surface area contributed by atoms with E-state index in [1.54, 1.807) is 6.92 Å². The van der Waals surface area contributed by atoms with Crippen LogP contribution in [-0.4, -0.2) is 34.0 Å². The second-order valence-corrected chi connectivity index (χ2v) is 6.41. The maximum atomic E-state index is 12.6. The molecule has 24 heavy (non-hydrogen) atoms. The van der Waals surface area contributed by atoms with Gasteiger partial charge < -0.3 is 10.0 Å². The molecular weight excluding hydrogens is 300 g/mol. The summed E-state index contributed by atoms with van der Waals surface area (Å²) in [6.07, 6.45) is 4.04. The molecule has 2 heterocycles. The quantitative estimate of drug-likeness (QED) is 0.934. The normalized spacial score (nSPS) is 16.5. The van der Waals surface area contributed by atoms with Crippen molar-refractivity contribution in [2.45, 2.75) is 38.7 Å². The van der Waals surface area contributed by atoms with E-state index in [0.29, 0.717) is 5.69 Å². The predicted molar refractivity (Wildman–Crippen MR) is 94.7 cm³/mol. The van der Waals surface area contributed by atoms with Crippen molar-refractivity contribution in [1.29, 1.82) is 0 Å². The summed E-state index contributed by atoms with van der Waals surface area (Å²) in [5.74, 6) is 0.120. The van der Waals surface area contributed by atoms with Crippen LogP contribution in [0.4, 0.5) is 0 Å². The fourth-order valence-corrected chi connectivity index (χ4v) is 3.08. The van der Waals surface area contributed by atoms with Crippen molar-refractivity contribution in [3.05, 3.63) is 53.7 Å². The van der Waals surface area contributed by atoms with Crippen molar-refractivity contribution in [3.63, 3.8) is 0 Å². The number of pyridine rings is 1. The van der Waals surface area contributed by atoms with Crippen LogP contribution in [0.5, 0.6) is 0 Å². The largest absolute Gasteiger partial charge is 0.387 e. The molecule has 126 valence electrons. The van der Waals surface area contributed by atoms with E-state index in [0.717, 1.165) is 42.8 Å². The summed E-state index contributed by atoms with van der Waals surface area (Å²) in [5, 5.41) is 9.67. The van der Waals surface area contributed by atoms with Crippen LogP contribution >= 0.6 is 0 Å². The van der Waals surface area contributed by atoms with E-state index in [1.807, 2.05) is 47.4 Å². The molecule has 1 atom stereocenters. The molecule has 1 aromatic carbocycles. The second-order valence-electron chi connectivity index (χ2n) is 6.41. The molecule has 2 aromatic rings. The van der Waals surface area contributed by atoms with Crippen LogP contribution in [0.15, 0.2) is 42.5 Å². The topological polar surface area (TPSA) is 53.4 Å². The van der Waals surface area contributed by atoms with Crippen LogP contribution in [0, 0.1) is 0 Å². The Morgan fingerprint density at radius 2 is 1.71 bits per heavy atom. The summed E-state index contributed by atoms with van der Waals surface area (Å²) >= 11 is 0. The molecule has 1 aliphatic rings. The van der Waals surface area contributed by atoms with Crippen LogP contribution < -0.4 is 0 Å². The molecule has 0 bridgehead atoms. The van der Waals surface area contributed by atoms with Crippen LogP contribution in [0.3, 0.4) is 0 Å². The Balaban J connectivity index is 1.77. The Labute approximate surface area is 143 Å². The highest BCUT2D eigenvalue weighted by Gasteiger charge is 2.17. The molecule has 4 nitrogen and oxygen atoms in total.